The fraction of sp³-hybridized carbons (Fsp3) is 0.312. The third-order valence-electron chi connectivity index (χ3n) is 4.00. The zero-order valence-corrected chi connectivity index (χ0v) is 11.7. The zero-order valence-electron chi connectivity index (χ0n) is 11.7. The standard InChI is InChI=1S/C16H19N3O2/c17-12(5-6-16(15(18)20)9-21-10-16)7-11-8-19-14-4-2-1-3-13(11)14/h1-6,8,12,19H,7,9-10,17H2,(H2,18,20)/b6-5+/t12-/m0/s1. The molecular weight excluding hydrogens is 266 g/mol. The van der Waals surface area contributed by atoms with Gasteiger partial charge in [-0.15, -0.1) is 0 Å². The number of primary amides is 1. The predicted octanol–water partition coefficient (Wildman–Crippen LogP) is 1.10. The van der Waals surface area contributed by atoms with E-state index in [1.807, 2.05) is 30.5 Å². The number of aromatic nitrogens is 1. The molecule has 1 atom stereocenters. The Hall–Kier alpha value is -2.11. The highest BCUT2D eigenvalue weighted by Gasteiger charge is 2.42. The number of nitrogens with two attached hydrogens (primary N) is 2. The van der Waals surface area contributed by atoms with Gasteiger partial charge in [0.15, 0.2) is 0 Å². The Morgan fingerprint density at radius 3 is 2.86 bits per heavy atom. The van der Waals surface area contributed by atoms with E-state index in [0.29, 0.717) is 19.6 Å². The molecule has 5 N–H and O–H groups in total. The van der Waals surface area contributed by atoms with Crippen LogP contribution in [-0.2, 0) is 16.0 Å². The molecule has 0 unspecified atom stereocenters. The minimum atomic E-state index is -0.669. The zero-order chi connectivity index (χ0) is 14.9. The van der Waals surface area contributed by atoms with Crippen LogP contribution in [0.1, 0.15) is 5.56 Å². The molecule has 0 aliphatic carbocycles. The molecule has 1 amide bonds. The van der Waals surface area contributed by atoms with E-state index < -0.39 is 5.41 Å². The summed E-state index contributed by atoms with van der Waals surface area (Å²) in [6.07, 6.45) is 6.35. The number of amides is 1. The van der Waals surface area contributed by atoms with Crippen LogP contribution in [0.4, 0.5) is 0 Å². The van der Waals surface area contributed by atoms with E-state index in [9.17, 15) is 4.79 Å². The number of benzene rings is 1. The number of hydrogen-bond donors (Lipinski definition) is 3. The average Bonchev–Trinajstić information content (AvgIpc) is 2.81. The van der Waals surface area contributed by atoms with Crippen molar-refractivity contribution in [2.45, 2.75) is 12.5 Å². The highest BCUT2D eigenvalue weighted by Crippen LogP contribution is 2.29. The molecule has 3 rings (SSSR count). The van der Waals surface area contributed by atoms with Crippen LogP contribution in [0.25, 0.3) is 10.9 Å². The largest absolute Gasteiger partial charge is 0.378 e. The van der Waals surface area contributed by atoms with Crippen LogP contribution in [0.3, 0.4) is 0 Å². The highest BCUT2D eigenvalue weighted by molar-refractivity contribution is 5.84. The summed E-state index contributed by atoms with van der Waals surface area (Å²) in [7, 11) is 0. The summed E-state index contributed by atoms with van der Waals surface area (Å²) in [5.41, 5.74) is 13.2. The lowest BCUT2D eigenvalue weighted by molar-refractivity contribution is -0.148. The number of rotatable bonds is 5. The van der Waals surface area contributed by atoms with Gasteiger partial charge in [-0.1, -0.05) is 30.4 Å². The van der Waals surface area contributed by atoms with Crippen molar-refractivity contribution in [2.24, 2.45) is 16.9 Å². The monoisotopic (exact) mass is 285 g/mol. The van der Waals surface area contributed by atoms with Crippen molar-refractivity contribution in [1.29, 1.82) is 0 Å². The van der Waals surface area contributed by atoms with Gasteiger partial charge in [-0.3, -0.25) is 4.79 Å². The van der Waals surface area contributed by atoms with Gasteiger partial charge in [-0.2, -0.15) is 0 Å². The lowest BCUT2D eigenvalue weighted by atomic mass is 9.84. The Kier molecular flexibility index (Phi) is 3.53. The van der Waals surface area contributed by atoms with Gasteiger partial charge in [0, 0.05) is 23.1 Å². The van der Waals surface area contributed by atoms with Gasteiger partial charge in [0.25, 0.3) is 0 Å². The summed E-state index contributed by atoms with van der Waals surface area (Å²) >= 11 is 0. The number of carbonyl (C=O) groups excluding carboxylic acids is 1. The van der Waals surface area contributed by atoms with E-state index >= 15 is 0 Å². The molecule has 5 heteroatoms. The van der Waals surface area contributed by atoms with Crippen molar-refractivity contribution in [3.05, 3.63) is 48.2 Å². The van der Waals surface area contributed by atoms with Crippen LogP contribution in [0.2, 0.25) is 0 Å². The molecule has 2 heterocycles. The first-order valence-corrected chi connectivity index (χ1v) is 6.98. The number of hydrogen-bond acceptors (Lipinski definition) is 3. The molecular formula is C16H19N3O2. The van der Waals surface area contributed by atoms with Gasteiger partial charge in [-0.25, -0.2) is 0 Å². The van der Waals surface area contributed by atoms with E-state index in [1.165, 1.54) is 10.9 Å². The Balaban J connectivity index is 1.72. The molecule has 1 aliphatic rings. The molecule has 0 bridgehead atoms. The lowest BCUT2D eigenvalue weighted by Crippen LogP contribution is -2.51. The average molecular weight is 285 g/mol. The smallest absolute Gasteiger partial charge is 0.232 e. The molecule has 0 radical (unpaired) electrons. The second-order valence-electron chi connectivity index (χ2n) is 5.60. The number of para-hydroxylation sites is 1. The van der Waals surface area contributed by atoms with Crippen molar-refractivity contribution in [3.63, 3.8) is 0 Å². The van der Waals surface area contributed by atoms with Crippen LogP contribution in [0.15, 0.2) is 42.6 Å². The Labute approximate surface area is 123 Å². The number of fused-ring (bicyclic) bond motifs is 1. The third kappa shape index (κ3) is 2.57. The molecule has 2 aromatic rings. The van der Waals surface area contributed by atoms with Crippen LogP contribution in [-0.4, -0.2) is 30.1 Å². The molecule has 110 valence electrons. The Bertz CT molecular complexity index is 686. The maximum absolute atomic E-state index is 11.5. The van der Waals surface area contributed by atoms with Gasteiger partial charge < -0.3 is 21.2 Å². The number of ether oxygens (including phenoxy) is 1. The van der Waals surface area contributed by atoms with Crippen molar-refractivity contribution in [2.75, 3.05) is 13.2 Å². The SMILES string of the molecule is NC(=O)C1(/C=C/[C@H](N)Cc2c[nH]c3ccccc23)COC1. The van der Waals surface area contributed by atoms with Crippen LogP contribution in [0.5, 0.6) is 0 Å². The molecule has 1 aromatic heterocycles. The van der Waals surface area contributed by atoms with Crippen LogP contribution in [0, 0.1) is 5.41 Å². The molecule has 0 saturated carbocycles. The maximum atomic E-state index is 11.5. The first-order chi connectivity index (χ1) is 10.1. The Morgan fingerprint density at radius 2 is 2.19 bits per heavy atom. The minimum Gasteiger partial charge on any atom is -0.378 e. The van der Waals surface area contributed by atoms with Crippen molar-refractivity contribution >= 4 is 16.8 Å². The summed E-state index contributed by atoms with van der Waals surface area (Å²) in [4.78, 5) is 14.7. The quantitative estimate of drug-likeness (QED) is 0.718. The van der Waals surface area contributed by atoms with Gasteiger partial charge in [0.2, 0.25) is 5.91 Å². The topological polar surface area (TPSA) is 94.1 Å². The first kappa shape index (κ1) is 13.9. The number of aromatic amines is 1. The summed E-state index contributed by atoms with van der Waals surface area (Å²) in [6.45, 7) is 0.692. The van der Waals surface area contributed by atoms with Crippen LogP contribution < -0.4 is 11.5 Å². The van der Waals surface area contributed by atoms with Crippen molar-refractivity contribution in [1.82, 2.24) is 4.98 Å². The number of carbonyl (C=O) groups is 1. The van der Waals surface area contributed by atoms with Crippen molar-refractivity contribution < 1.29 is 9.53 Å². The van der Waals surface area contributed by atoms with E-state index in [1.54, 1.807) is 6.08 Å². The molecule has 21 heavy (non-hydrogen) atoms. The number of nitrogens with one attached hydrogen (secondary N) is 1. The van der Waals surface area contributed by atoms with E-state index in [4.69, 9.17) is 16.2 Å². The summed E-state index contributed by atoms with van der Waals surface area (Å²) in [5.74, 6) is -0.357. The van der Waals surface area contributed by atoms with Gasteiger partial charge in [0.05, 0.1) is 13.2 Å². The third-order valence-corrected chi connectivity index (χ3v) is 4.00. The molecule has 1 aliphatic heterocycles. The second-order valence-corrected chi connectivity index (χ2v) is 5.60. The van der Waals surface area contributed by atoms with Crippen LogP contribution >= 0.6 is 0 Å². The van der Waals surface area contributed by atoms with E-state index in [0.717, 1.165) is 5.52 Å². The molecule has 0 spiro atoms. The molecule has 1 aromatic carbocycles. The molecule has 5 nitrogen and oxygen atoms in total. The predicted molar refractivity (Wildman–Crippen MR) is 81.6 cm³/mol. The first-order valence-electron chi connectivity index (χ1n) is 6.98. The van der Waals surface area contributed by atoms with Gasteiger partial charge >= 0.3 is 0 Å². The number of H-pyrrole nitrogens is 1. The Morgan fingerprint density at radius 1 is 1.43 bits per heavy atom. The summed E-state index contributed by atoms with van der Waals surface area (Å²) in [6, 6.07) is 7.95. The molecule has 1 saturated heterocycles. The fourth-order valence-electron chi connectivity index (χ4n) is 2.57. The van der Waals surface area contributed by atoms with Gasteiger partial charge in [-0.05, 0) is 18.1 Å². The summed E-state index contributed by atoms with van der Waals surface area (Å²) < 4.78 is 5.10. The fourth-order valence-corrected chi connectivity index (χ4v) is 2.57. The van der Waals surface area contributed by atoms with Crippen molar-refractivity contribution in [3.8, 4) is 0 Å². The second kappa shape index (κ2) is 5.35. The molecule has 1 fully saturated rings. The maximum Gasteiger partial charge on any atom is 0.232 e. The normalized spacial score (nSPS) is 18.7. The van der Waals surface area contributed by atoms with E-state index in [-0.39, 0.29) is 11.9 Å². The van der Waals surface area contributed by atoms with E-state index in [2.05, 4.69) is 11.1 Å². The minimum absolute atomic E-state index is 0.166. The van der Waals surface area contributed by atoms with Gasteiger partial charge in [0.1, 0.15) is 5.41 Å². The highest BCUT2D eigenvalue weighted by atomic mass is 16.5. The lowest BCUT2D eigenvalue weighted by Gasteiger charge is -2.35. The summed E-state index contributed by atoms with van der Waals surface area (Å²) in [5, 5.41) is 1.18.